The van der Waals surface area contributed by atoms with Crippen LogP contribution < -0.4 is 5.32 Å². The molecule has 3 nitrogen and oxygen atoms in total. The lowest BCUT2D eigenvalue weighted by atomic mass is 10.00. The van der Waals surface area contributed by atoms with Crippen molar-refractivity contribution in [3.63, 3.8) is 0 Å². The van der Waals surface area contributed by atoms with Crippen LogP contribution in [0, 0.1) is 12.3 Å². The molecule has 1 N–H and O–H groups in total. The molecule has 0 rings (SSSR count). The predicted molar refractivity (Wildman–Crippen MR) is 58.8 cm³/mol. The van der Waals surface area contributed by atoms with Crippen LogP contribution in [0.4, 0.5) is 0 Å². The zero-order valence-corrected chi connectivity index (χ0v) is 9.55. The van der Waals surface area contributed by atoms with Crippen molar-refractivity contribution in [3.8, 4) is 12.3 Å². The fourth-order valence-corrected chi connectivity index (χ4v) is 0.935. The second-order valence-electron chi connectivity index (χ2n) is 3.93. The van der Waals surface area contributed by atoms with Crippen molar-refractivity contribution >= 4 is 5.91 Å². The Bertz CT molecular complexity index is 228. The minimum atomic E-state index is -0.0884. The lowest BCUT2D eigenvalue weighted by Crippen LogP contribution is -2.47. The summed E-state index contributed by atoms with van der Waals surface area (Å²) in [7, 11) is 1.82. The summed E-state index contributed by atoms with van der Waals surface area (Å²) in [6.07, 6.45) is 6.00. The third-order valence-electron chi connectivity index (χ3n) is 2.65. The molecule has 0 aliphatic rings. The van der Waals surface area contributed by atoms with Crippen LogP contribution in [0.15, 0.2) is 0 Å². The molecule has 0 spiro atoms. The molecule has 14 heavy (non-hydrogen) atoms. The SMILES string of the molecule is C#CCNCC(=O)N(C)C(C)(C)CC. The molecule has 0 aromatic heterocycles. The van der Waals surface area contributed by atoms with E-state index in [9.17, 15) is 4.79 Å². The molecule has 0 aliphatic carbocycles. The summed E-state index contributed by atoms with van der Waals surface area (Å²) >= 11 is 0. The van der Waals surface area contributed by atoms with Crippen molar-refractivity contribution in [1.82, 2.24) is 10.2 Å². The highest BCUT2D eigenvalue weighted by Gasteiger charge is 2.24. The maximum atomic E-state index is 11.6. The number of carbonyl (C=O) groups is 1. The van der Waals surface area contributed by atoms with E-state index in [2.05, 4.69) is 18.2 Å². The molecule has 0 saturated heterocycles. The Morgan fingerprint density at radius 2 is 2.14 bits per heavy atom. The highest BCUT2D eigenvalue weighted by Crippen LogP contribution is 2.15. The van der Waals surface area contributed by atoms with Crippen LogP contribution in [0.3, 0.4) is 0 Å². The Morgan fingerprint density at radius 1 is 1.57 bits per heavy atom. The smallest absolute Gasteiger partial charge is 0.236 e. The Balaban J connectivity index is 4.07. The van der Waals surface area contributed by atoms with E-state index in [-0.39, 0.29) is 11.4 Å². The quantitative estimate of drug-likeness (QED) is 0.522. The van der Waals surface area contributed by atoms with E-state index in [1.54, 1.807) is 4.90 Å². The Kier molecular flexibility index (Phi) is 5.26. The molecule has 0 heterocycles. The minimum Gasteiger partial charge on any atom is -0.340 e. The summed E-state index contributed by atoms with van der Waals surface area (Å²) in [5, 5.41) is 2.88. The Hall–Kier alpha value is -1.01. The number of carbonyl (C=O) groups excluding carboxylic acids is 1. The highest BCUT2D eigenvalue weighted by molar-refractivity contribution is 5.78. The Labute approximate surface area is 86.9 Å². The summed E-state index contributed by atoms with van der Waals surface area (Å²) in [4.78, 5) is 13.4. The standard InChI is InChI=1S/C11H20N2O/c1-6-8-12-9-10(14)13(5)11(3,4)7-2/h1,12H,7-9H2,2-5H3. The number of rotatable bonds is 5. The number of terminal acetylenes is 1. The van der Waals surface area contributed by atoms with Gasteiger partial charge in [-0.25, -0.2) is 0 Å². The summed E-state index contributed by atoms with van der Waals surface area (Å²) in [6, 6.07) is 0. The molecule has 0 atom stereocenters. The zero-order valence-electron chi connectivity index (χ0n) is 9.55. The number of amides is 1. The van der Waals surface area contributed by atoms with Crippen molar-refractivity contribution in [3.05, 3.63) is 0 Å². The molecular formula is C11H20N2O. The van der Waals surface area contributed by atoms with E-state index >= 15 is 0 Å². The molecule has 0 aromatic rings. The van der Waals surface area contributed by atoms with Crippen molar-refractivity contribution in [2.45, 2.75) is 32.7 Å². The molecule has 0 fully saturated rings. The molecular weight excluding hydrogens is 176 g/mol. The van der Waals surface area contributed by atoms with Gasteiger partial charge in [0, 0.05) is 12.6 Å². The van der Waals surface area contributed by atoms with Crippen LogP contribution in [0.1, 0.15) is 27.2 Å². The van der Waals surface area contributed by atoms with Gasteiger partial charge in [0.05, 0.1) is 13.1 Å². The summed E-state index contributed by atoms with van der Waals surface area (Å²) in [6.45, 7) is 6.91. The highest BCUT2D eigenvalue weighted by atomic mass is 16.2. The van der Waals surface area contributed by atoms with Gasteiger partial charge in [0.15, 0.2) is 0 Å². The van der Waals surface area contributed by atoms with Crippen LogP contribution in [-0.4, -0.2) is 36.5 Å². The van der Waals surface area contributed by atoms with Gasteiger partial charge >= 0.3 is 0 Å². The molecule has 80 valence electrons. The number of hydrogen-bond donors (Lipinski definition) is 1. The van der Waals surface area contributed by atoms with Gasteiger partial charge in [0.25, 0.3) is 0 Å². The molecule has 0 unspecified atom stereocenters. The normalized spacial score (nSPS) is 10.8. The predicted octanol–water partition coefficient (Wildman–Crippen LogP) is 0.856. The van der Waals surface area contributed by atoms with Crippen molar-refractivity contribution in [1.29, 1.82) is 0 Å². The van der Waals surface area contributed by atoms with Gasteiger partial charge in [0.1, 0.15) is 0 Å². The van der Waals surface area contributed by atoms with Crippen molar-refractivity contribution in [2.24, 2.45) is 0 Å². The Morgan fingerprint density at radius 3 is 2.57 bits per heavy atom. The monoisotopic (exact) mass is 196 g/mol. The van der Waals surface area contributed by atoms with Crippen LogP contribution in [-0.2, 0) is 4.79 Å². The maximum absolute atomic E-state index is 11.6. The average molecular weight is 196 g/mol. The van der Waals surface area contributed by atoms with Gasteiger partial charge in [0.2, 0.25) is 5.91 Å². The fourth-order valence-electron chi connectivity index (χ4n) is 0.935. The maximum Gasteiger partial charge on any atom is 0.236 e. The number of nitrogens with zero attached hydrogens (tertiary/aromatic N) is 1. The zero-order chi connectivity index (χ0) is 11.2. The first-order valence-electron chi connectivity index (χ1n) is 4.86. The molecule has 0 aromatic carbocycles. The van der Waals surface area contributed by atoms with Gasteiger partial charge in [-0.15, -0.1) is 6.42 Å². The molecule has 1 amide bonds. The summed E-state index contributed by atoms with van der Waals surface area (Å²) < 4.78 is 0. The van der Waals surface area contributed by atoms with Crippen molar-refractivity contribution in [2.75, 3.05) is 20.1 Å². The second kappa shape index (κ2) is 5.66. The van der Waals surface area contributed by atoms with Crippen molar-refractivity contribution < 1.29 is 4.79 Å². The molecule has 3 heteroatoms. The number of hydrogen-bond acceptors (Lipinski definition) is 2. The largest absolute Gasteiger partial charge is 0.340 e. The molecule has 0 saturated carbocycles. The van der Waals surface area contributed by atoms with Gasteiger partial charge < -0.3 is 4.90 Å². The first-order valence-corrected chi connectivity index (χ1v) is 4.86. The lowest BCUT2D eigenvalue weighted by molar-refractivity contribution is -0.133. The molecule has 0 aliphatic heterocycles. The average Bonchev–Trinajstić information content (AvgIpc) is 2.17. The van der Waals surface area contributed by atoms with E-state index in [0.717, 1.165) is 6.42 Å². The first kappa shape index (κ1) is 13.0. The van der Waals surface area contributed by atoms with Gasteiger partial charge in [-0.05, 0) is 20.3 Å². The van der Waals surface area contributed by atoms with Crippen LogP contribution in [0.25, 0.3) is 0 Å². The van der Waals surface area contributed by atoms with E-state index in [1.165, 1.54) is 0 Å². The van der Waals surface area contributed by atoms with Gasteiger partial charge in [-0.3, -0.25) is 10.1 Å². The molecule has 0 bridgehead atoms. The van der Waals surface area contributed by atoms with Gasteiger partial charge in [-0.1, -0.05) is 12.8 Å². The van der Waals surface area contributed by atoms with Gasteiger partial charge in [-0.2, -0.15) is 0 Å². The fraction of sp³-hybridized carbons (Fsp3) is 0.727. The minimum absolute atomic E-state index is 0.0760. The molecule has 0 radical (unpaired) electrons. The second-order valence-corrected chi connectivity index (χ2v) is 3.93. The van der Waals surface area contributed by atoms with Crippen LogP contribution in [0.5, 0.6) is 0 Å². The van der Waals surface area contributed by atoms with E-state index in [0.29, 0.717) is 13.1 Å². The third-order valence-corrected chi connectivity index (χ3v) is 2.65. The lowest BCUT2D eigenvalue weighted by Gasteiger charge is -2.34. The topological polar surface area (TPSA) is 32.3 Å². The first-order chi connectivity index (χ1) is 6.45. The summed E-state index contributed by atoms with van der Waals surface area (Å²) in [5.74, 6) is 2.51. The number of likely N-dealkylation sites (N-methyl/N-ethyl adjacent to an activating group) is 1. The van der Waals surface area contributed by atoms with E-state index < -0.39 is 0 Å². The van der Waals surface area contributed by atoms with E-state index in [1.807, 2.05) is 20.9 Å². The van der Waals surface area contributed by atoms with Crippen LogP contribution >= 0.6 is 0 Å². The van der Waals surface area contributed by atoms with E-state index in [4.69, 9.17) is 6.42 Å². The van der Waals surface area contributed by atoms with Crippen LogP contribution in [0.2, 0.25) is 0 Å². The number of nitrogens with one attached hydrogen (secondary N) is 1. The third kappa shape index (κ3) is 3.80. The summed E-state index contributed by atoms with van der Waals surface area (Å²) in [5.41, 5.74) is -0.0884.